The minimum absolute atomic E-state index is 0.128. The topological polar surface area (TPSA) is 34.2 Å². The summed E-state index contributed by atoms with van der Waals surface area (Å²) in [6.07, 6.45) is 4.32. The van der Waals surface area contributed by atoms with E-state index < -0.39 is 0 Å². The van der Waals surface area contributed by atoms with Crippen LogP contribution in [0.1, 0.15) is 22.6 Å². The Morgan fingerprint density at radius 2 is 1.63 bits per heavy atom. The maximum absolute atomic E-state index is 6.24. The Labute approximate surface area is 157 Å². The van der Waals surface area contributed by atoms with Crippen LogP contribution in [-0.4, -0.2) is 12.1 Å². The monoisotopic (exact) mass is 353 g/mol. The van der Waals surface area contributed by atoms with E-state index in [1.807, 2.05) is 36.4 Å². The molecular formula is C24H19NO2. The molecule has 1 aromatic heterocycles. The van der Waals surface area contributed by atoms with Gasteiger partial charge in [0.05, 0.1) is 7.11 Å². The van der Waals surface area contributed by atoms with Crippen LogP contribution in [0.3, 0.4) is 0 Å². The Bertz CT molecular complexity index is 1140. The highest BCUT2D eigenvalue weighted by atomic mass is 16.5. The summed E-state index contributed by atoms with van der Waals surface area (Å²) in [5.74, 6) is 2.74. The number of methoxy groups -OCH3 is 1. The van der Waals surface area contributed by atoms with Crippen molar-refractivity contribution in [2.75, 3.05) is 7.11 Å². The molecule has 1 N–H and O–H groups in total. The van der Waals surface area contributed by atoms with Gasteiger partial charge in [-0.2, -0.15) is 0 Å². The van der Waals surface area contributed by atoms with E-state index in [1.54, 1.807) is 7.11 Å². The summed E-state index contributed by atoms with van der Waals surface area (Å²) in [5, 5.41) is 1.24. The van der Waals surface area contributed by atoms with Crippen molar-refractivity contribution in [1.29, 1.82) is 0 Å². The number of fused-ring (bicyclic) bond motifs is 2. The van der Waals surface area contributed by atoms with E-state index in [1.165, 1.54) is 16.5 Å². The number of benzene rings is 3. The molecule has 1 unspecified atom stereocenters. The molecule has 0 aliphatic carbocycles. The lowest BCUT2D eigenvalue weighted by Gasteiger charge is -2.25. The predicted molar refractivity (Wildman–Crippen MR) is 108 cm³/mol. The van der Waals surface area contributed by atoms with Gasteiger partial charge in [-0.15, -0.1) is 0 Å². The number of allylic oxidation sites excluding steroid dienone is 1. The molecule has 3 nitrogen and oxygen atoms in total. The van der Waals surface area contributed by atoms with Crippen LogP contribution in [-0.2, 0) is 0 Å². The van der Waals surface area contributed by atoms with Crippen LogP contribution in [0.5, 0.6) is 11.5 Å². The van der Waals surface area contributed by atoms with Crippen molar-refractivity contribution in [3.63, 3.8) is 0 Å². The number of rotatable bonds is 3. The molecule has 4 aromatic rings. The number of hydrogen-bond acceptors (Lipinski definition) is 2. The molecule has 0 radical (unpaired) electrons. The fourth-order valence-corrected chi connectivity index (χ4v) is 3.74. The average molecular weight is 353 g/mol. The first-order valence-corrected chi connectivity index (χ1v) is 9.02. The third kappa shape index (κ3) is 2.68. The van der Waals surface area contributed by atoms with Gasteiger partial charge < -0.3 is 14.5 Å². The summed E-state index contributed by atoms with van der Waals surface area (Å²) in [4.78, 5) is 3.40. The van der Waals surface area contributed by atoms with Gasteiger partial charge in [-0.05, 0) is 48.0 Å². The predicted octanol–water partition coefficient (Wildman–Crippen LogP) is 5.74. The second kappa shape index (κ2) is 6.36. The Morgan fingerprint density at radius 1 is 0.852 bits per heavy atom. The molecule has 0 bridgehead atoms. The number of aromatic amines is 1. The minimum atomic E-state index is 0.128. The highest BCUT2D eigenvalue weighted by Gasteiger charge is 2.25. The lowest BCUT2D eigenvalue weighted by atomic mass is 9.87. The fraction of sp³-hybridized carbons (Fsp3) is 0.0833. The third-order valence-corrected chi connectivity index (χ3v) is 5.12. The average Bonchev–Trinajstić information content (AvgIpc) is 3.17. The number of H-pyrrole nitrogens is 1. The summed E-state index contributed by atoms with van der Waals surface area (Å²) in [5.41, 5.74) is 4.62. The zero-order valence-electron chi connectivity index (χ0n) is 15.0. The van der Waals surface area contributed by atoms with Crippen molar-refractivity contribution in [1.82, 2.24) is 4.98 Å². The van der Waals surface area contributed by atoms with Crippen LogP contribution in [0.25, 0.3) is 16.7 Å². The van der Waals surface area contributed by atoms with Crippen molar-refractivity contribution in [2.45, 2.75) is 5.92 Å². The maximum atomic E-state index is 6.24. The zero-order valence-corrected chi connectivity index (χ0v) is 15.0. The van der Waals surface area contributed by atoms with Gasteiger partial charge in [0, 0.05) is 34.1 Å². The van der Waals surface area contributed by atoms with Gasteiger partial charge in [-0.25, -0.2) is 0 Å². The van der Waals surface area contributed by atoms with Gasteiger partial charge in [0.1, 0.15) is 17.3 Å². The number of aromatic nitrogens is 1. The van der Waals surface area contributed by atoms with Crippen LogP contribution in [0.2, 0.25) is 0 Å². The molecule has 3 heteroatoms. The molecule has 1 aliphatic heterocycles. The standard InChI is InChI=1S/C24H19NO2/c1-26-17-12-10-16(11-13-17)24-14-20(19-7-3-5-9-23(19)27-24)21-15-25-22-8-4-2-6-18(21)22/h2-15,20,25H,1H3. The van der Waals surface area contributed by atoms with Crippen LogP contribution >= 0.6 is 0 Å². The molecule has 132 valence electrons. The summed E-state index contributed by atoms with van der Waals surface area (Å²) >= 11 is 0. The lowest BCUT2D eigenvalue weighted by molar-refractivity contribution is 0.414. The Balaban J connectivity index is 1.66. The van der Waals surface area contributed by atoms with Gasteiger partial charge in [0.25, 0.3) is 0 Å². The van der Waals surface area contributed by atoms with Crippen molar-refractivity contribution in [3.8, 4) is 11.5 Å². The summed E-state index contributed by atoms with van der Waals surface area (Å²) in [6.45, 7) is 0. The van der Waals surface area contributed by atoms with Gasteiger partial charge in [0.2, 0.25) is 0 Å². The van der Waals surface area contributed by atoms with Crippen LogP contribution in [0, 0.1) is 0 Å². The molecule has 0 amide bonds. The molecular weight excluding hydrogens is 334 g/mol. The molecule has 0 saturated heterocycles. The van der Waals surface area contributed by atoms with Gasteiger partial charge in [0.15, 0.2) is 0 Å². The van der Waals surface area contributed by atoms with Crippen LogP contribution in [0.15, 0.2) is 85.1 Å². The summed E-state index contributed by atoms with van der Waals surface area (Å²) in [7, 11) is 1.68. The summed E-state index contributed by atoms with van der Waals surface area (Å²) < 4.78 is 11.5. The third-order valence-electron chi connectivity index (χ3n) is 5.12. The largest absolute Gasteiger partial charge is 0.497 e. The number of hydrogen-bond donors (Lipinski definition) is 1. The smallest absolute Gasteiger partial charge is 0.131 e. The summed E-state index contributed by atoms with van der Waals surface area (Å²) in [6, 6.07) is 24.7. The van der Waals surface area contributed by atoms with Crippen molar-refractivity contribution < 1.29 is 9.47 Å². The molecule has 3 aromatic carbocycles. The highest BCUT2D eigenvalue weighted by Crippen LogP contribution is 2.42. The zero-order chi connectivity index (χ0) is 18.2. The normalized spacial score (nSPS) is 15.7. The molecule has 0 saturated carbocycles. The van der Waals surface area contributed by atoms with Crippen LogP contribution in [0.4, 0.5) is 0 Å². The second-order valence-electron chi connectivity index (χ2n) is 6.67. The maximum Gasteiger partial charge on any atom is 0.131 e. The van der Waals surface area contributed by atoms with E-state index in [-0.39, 0.29) is 5.92 Å². The Hall–Kier alpha value is -3.46. The Morgan fingerprint density at radius 3 is 2.48 bits per heavy atom. The molecule has 0 spiro atoms. The van der Waals surface area contributed by atoms with Crippen molar-refractivity contribution in [2.24, 2.45) is 0 Å². The Kier molecular flexibility index (Phi) is 3.72. The molecule has 1 aliphatic rings. The van der Waals surface area contributed by atoms with E-state index >= 15 is 0 Å². The van der Waals surface area contributed by atoms with Crippen LogP contribution < -0.4 is 9.47 Å². The first kappa shape index (κ1) is 15.8. The lowest BCUT2D eigenvalue weighted by Crippen LogP contribution is -2.10. The van der Waals surface area contributed by atoms with Gasteiger partial charge in [-0.1, -0.05) is 36.4 Å². The van der Waals surface area contributed by atoms with E-state index in [0.29, 0.717) is 0 Å². The molecule has 0 fully saturated rings. The second-order valence-corrected chi connectivity index (χ2v) is 6.67. The highest BCUT2D eigenvalue weighted by molar-refractivity contribution is 5.85. The quantitative estimate of drug-likeness (QED) is 0.509. The molecule has 2 heterocycles. The molecule has 5 rings (SSSR count). The van der Waals surface area contributed by atoms with Crippen molar-refractivity contribution in [3.05, 3.63) is 102 Å². The van der Waals surface area contributed by atoms with Gasteiger partial charge >= 0.3 is 0 Å². The minimum Gasteiger partial charge on any atom is -0.497 e. The SMILES string of the molecule is COc1ccc(C2=CC(c3c[nH]c4ccccc34)c3ccccc3O2)cc1. The van der Waals surface area contributed by atoms with E-state index in [4.69, 9.17) is 9.47 Å². The number of para-hydroxylation sites is 2. The van der Waals surface area contributed by atoms with E-state index in [0.717, 1.165) is 28.3 Å². The first-order chi connectivity index (χ1) is 13.3. The van der Waals surface area contributed by atoms with Crippen molar-refractivity contribution >= 4 is 16.7 Å². The number of nitrogens with one attached hydrogen (secondary N) is 1. The van der Waals surface area contributed by atoms with E-state index in [2.05, 4.69) is 53.7 Å². The number of ether oxygens (including phenoxy) is 2. The van der Waals surface area contributed by atoms with Gasteiger partial charge in [-0.3, -0.25) is 0 Å². The molecule has 1 atom stereocenters. The fourth-order valence-electron chi connectivity index (χ4n) is 3.74. The van der Waals surface area contributed by atoms with E-state index in [9.17, 15) is 0 Å². The first-order valence-electron chi connectivity index (χ1n) is 9.02. The molecule has 27 heavy (non-hydrogen) atoms.